The number of rotatable bonds is 2. The maximum absolute atomic E-state index is 6.01. The summed E-state index contributed by atoms with van der Waals surface area (Å²) in [5.41, 5.74) is 7.66. The molecule has 0 saturated heterocycles. The van der Waals surface area contributed by atoms with Gasteiger partial charge >= 0.3 is 0 Å². The second kappa shape index (κ2) is 3.85. The second-order valence-corrected chi connectivity index (χ2v) is 5.53. The first-order valence-corrected chi connectivity index (χ1v) is 6.42. The summed E-state index contributed by atoms with van der Waals surface area (Å²) in [6.45, 7) is 0. The van der Waals surface area contributed by atoms with Gasteiger partial charge in [-0.1, -0.05) is 24.1 Å². The van der Waals surface area contributed by atoms with E-state index in [2.05, 4.69) is 5.32 Å². The number of halogens is 1. The van der Waals surface area contributed by atoms with Gasteiger partial charge in [-0.2, -0.15) is 0 Å². The average molecular weight is 237 g/mol. The van der Waals surface area contributed by atoms with Crippen molar-refractivity contribution in [1.82, 2.24) is 0 Å². The van der Waals surface area contributed by atoms with Gasteiger partial charge in [0.1, 0.15) is 0 Å². The largest absolute Gasteiger partial charge is 0.396 e. The molecule has 2 bridgehead atoms. The molecule has 2 nitrogen and oxygen atoms in total. The minimum atomic E-state index is 0.611. The van der Waals surface area contributed by atoms with Crippen molar-refractivity contribution in [3.05, 3.63) is 23.2 Å². The summed E-state index contributed by atoms with van der Waals surface area (Å²) in [6, 6.07) is 6.42. The smallest absolute Gasteiger partial charge is 0.0739 e. The Kier molecular flexibility index (Phi) is 2.47. The molecule has 3 atom stereocenters. The van der Waals surface area contributed by atoms with Crippen LogP contribution in [0.25, 0.3) is 0 Å². The van der Waals surface area contributed by atoms with E-state index in [0.29, 0.717) is 16.8 Å². The van der Waals surface area contributed by atoms with E-state index >= 15 is 0 Å². The topological polar surface area (TPSA) is 38.0 Å². The highest BCUT2D eigenvalue weighted by molar-refractivity contribution is 6.33. The van der Waals surface area contributed by atoms with Gasteiger partial charge in [0.15, 0.2) is 0 Å². The van der Waals surface area contributed by atoms with E-state index in [1.165, 1.54) is 25.7 Å². The molecule has 86 valence electrons. The zero-order chi connectivity index (χ0) is 11.1. The van der Waals surface area contributed by atoms with Crippen LogP contribution in [0.5, 0.6) is 0 Å². The fourth-order valence-corrected chi connectivity index (χ4v) is 3.46. The van der Waals surface area contributed by atoms with E-state index in [9.17, 15) is 0 Å². The summed E-state index contributed by atoms with van der Waals surface area (Å²) in [5.74, 6) is 1.80. The van der Waals surface area contributed by atoms with Crippen LogP contribution in [-0.2, 0) is 0 Å². The number of hydrogen-bond acceptors (Lipinski definition) is 2. The van der Waals surface area contributed by atoms with Crippen molar-refractivity contribution < 1.29 is 0 Å². The molecule has 3 N–H and O–H groups in total. The molecule has 0 heterocycles. The van der Waals surface area contributed by atoms with Crippen molar-refractivity contribution >= 4 is 23.0 Å². The van der Waals surface area contributed by atoms with Crippen molar-refractivity contribution in [2.75, 3.05) is 11.1 Å². The molecule has 2 aliphatic carbocycles. The van der Waals surface area contributed by atoms with Gasteiger partial charge in [-0.15, -0.1) is 0 Å². The van der Waals surface area contributed by atoms with E-state index in [-0.39, 0.29) is 0 Å². The molecule has 16 heavy (non-hydrogen) atoms. The lowest BCUT2D eigenvalue weighted by Crippen LogP contribution is -2.26. The molecule has 3 unspecified atom stereocenters. The minimum Gasteiger partial charge on any atom is -0.396 e. The molecule has 3 heteroatoms. The maximum atomic E-state index is 6.01. The molecule has 0 aliphatic heterocycles. The fraction of sp³-hybridized carbons (Fsp3) is 0.538. The van der Waals surface area contributed by atoms with E-state index in [1.807, 2.05) is 18.2 Å². The molecular weight excluding hydrogens is 220 g/mol. The zero-order valence-electron chi connectivity index (χ0n) is 9.25. The number of hydrogen-bond donors (Lipinski definition) is 2. The molecular formula is C13H17ClN2. The highest BCUT2D eigenvalue weighted by Gasteiger charge is 2.39. The summed E-state index contributed by atoms with van der Waals surface area (Å²) < 4.78 is 0. The standard InChI is InChI=1S/C13H17ClN2/c14-10-2-1-3-11(13(10)15)16-12-7-8-4-5-9(12)6-8/h1-3,8-9,12,16H,4-7,15H2. The Labute approximate surface area is 101 Å². The Morgan fingerprint density at radius 2 is 2.12 bits per heavy atom. The summed E-state index contributed by atoms with van der Waals surface area (Å²) in [6.07, 6.45) is 5.51. The Morgan fingerprint density at radius 3 is 2.81 bits per heavy atom. The third-order valence-electron chi connectivity index (χ3n) is 4.13. The molecule has 0 spiro atoms. The molecule has 1 aromatic rings. The molecule has 2 fully saturated rings. The monoisotopic (exact) mass is 236 g/mol. The lowest BCUT2D eigenvalue weighted by atomic mass is 9.95. The van der Waals surface area contributed by atoms with Crippen LogP contribution in [0, 0.1) is 11.8 Å². The Morgan fingerprint density at radius 1 is 1.25 bits per heavy atom. The molecule has 2 saturated carbocycles. The SMILES string of the molecule is Nc1c(Cl)cccc1NC1CC2CCC1C2. The number of anilines is 2. The van der Waals surface area contributed by atoms with Crippen molar-refractivity contribution in [2.45, 2.75) is 31.7 Å². The van der Waals surface area contributed by atoms with Crippen LogP contribution in [0.15, 0.2) is 18.2 Å². The van der Waals surface area contributed by atoms with Crippen molar-refractivity contribution in [2.24, 2.45) is 11.8 Å². The number of fused-ring (bicyclic) bond motifs is 2. The molecule has 0 radical (unpaired) electrons. The van der Waals surface area contributed by atoms with Gasteiger partial charge in [-0.25, -0.2) is 0 Å². The Bertz CT molecular complexity index is 405. The van der Waals surface area contributed by atoms with Crippen LogP contribution in [-0.4, -0.2) is 6.04 Å². The summed E-state index contributed by atoms with van der Waals surface area (Å²) in [5, 5.41) is 4.22. The highest BCUT2D eigenvalue weighted by Crippen LogP contribution is 2.46. The van der Waals surface area contributed by atoms with Crippen LogP contribution in [0.4, 0.5) is 11.4 Å². The first-order chi connectivity index (χ1) is 7.74. The summed E-state index contributed by atoms with van der Waals surface area (Å²) >= 11 is 6.01. The number of nitrogens with one attached hydrogen (secondary N) is 1. The highest BCUT2D eigenvalue weighted by atomic mass is 35.5. The van der Waals surface area contributed by atoms with Crippen molar-refractivity contribution in [3.63, 3.8) is 0 Å². The van der Waals surface area contributed by atoms with E-state index in [1.54, 1.807) is 0 Å². The second-order valence-electron chi connectivity index (χ2n) is 5.13. The molecule has 1 aromatic carbocycles. The van der Waals surface area contributed by atoms with Gasteiger partial charge < -0.3 is 11.1 Å². The van der Waals surface area contributed by atoms with E-state index in [4.69, 9.17) is 17.3 Å². The van der Waals surface area contributed by atoms with Crippen LogP contribution in [0.2, 0.25) is 5.02 Å². The number of para-hydroxylation sites is 1. The molecule has 2 aliphatic rings. The average Bonchev–Trinajstić information content (AvgIpc) is 2.86. The summed E-state index contributed by atoms with van der Waals surface area (Å²) in [7, 11) is 0. The predicted molar refractivity (Wildman–Crippen MR) is 68.7 cm³/mol. The molecule has 3 rings (SSSR count). The zero-order valence-corrected chi connectivity index (χ0v) is 10.0. The van der Waals surface area contributed by atoms with Gasteiger partial charge in [0.25, 0.3) is 0 Å². The van der Waals surface area contributed by atoms with E-state index in [0.717, 1.165) is 17.5 Å². The first-order valence-electron chi connectivity index (χ1n) is 6.04. The van der Waals surface area contributed by atoms with E-state index < -0.39 is 0 Å². The number of nitrogen functional groups attached to an aromatic ring is 1. The van der Waals surface area contributed by atoms with Crippen LogP contribution < -0.4 is 11.1 Å². The van der Waals surface area contributed by atoms with Gasteiger partial charge in [0.2, 0.25) is 0 Å². The molecule has 0 amide bonds. The van der Waals surface area contributed by atoms with Gasteiger partial charge in [-0.3, -0.25) is 0 Å². The number of benzene rings is 1. The normalized spacial score (nSPS) is 31.9. The number of nitrogens with two attached hydrogens (primary N) is 1. The Hall–Kier alpha value is -0.890. The lowest BCUT2D eigenvalue weighted by molar-refractivity contribution is 0.440. The van der Waals surface area contributed by atoms with Gasteiger partial charge in [-0.05, 0) is 43.2 Å². The van der Waals surface area contributed by atoms with Crippen LogP contribution in [0.1, 0.15) is 25.7 Å². The van der Waals surface area contributed by atoms with Crippen LogP contribution >= 0.6 is 11.6 Å². The first kappa shape index (κ1) is 10.3. The van der Waals surface area contributed by atoms with Gasteiger partial charge in [0.05, 0.1) is 16.4 Å². The Balaban J connectivity index is 1.77. The quantitative estimate of drug-likeness (QED) is 0.771. The van der Waals surface area contributed by atoms with Crippen LogP contribution in [0.3, 0.4) is 0 Å². The van der Waals surface area contributed by atoms with Gasteiger partial charge in [0, 0.05) is 6.04 Å². The van der Waals surface area contributed by atoms with Crippen molar-refractivity contribution in [3.8, 4) is 0 Å². The third kappa shape index (κ3) is 1.65. The summed E-state index contributed by atoms with van der Waals surface area (Å²) in [4.78, 5) is 0. The minimum absolute atomic E-state index is 0.611. The third-order valence-corrected chi connectivity index (χ3v) is 4.46. The fourth-order valence-electron chi connectivity index (χ4n) is 3.28. The maximum Gasteiger partial charge on any atom is 0.0739 e. The van der Waals surface area contributed by atoms with Crippen molar-refractivity contribution in [1.29, 1.82) is 0 Å². The molecule has 0 aromatic heterocycles. The lowest BCUT2D eigenvalue weighted by Gasteiger charge is -2.24. The predicted octanol–water partition coefficient (Wildman–Crippen LogP) is 3.52.